The number of benzene rings is 1. The van der Waals surface area contributed by atoms with E-state index in [-0.39, 0.29) is 11.7 Å². The Morgan fingerprint density at radius 2 is 2.14 bits per heavy atom. The number of nitrogens with one attached hydrogen (secondary N) is 1. The molecule has 0 unspecified atom stereocenters. The maximum absolute atomic E-state index is 12.1. The van der Waals surface area contributed by atoms with E-state index < -0.39 is 6.10 Å². The molecule has 7 heteroatoms. The average molecular weight is 383 g/mol. The number of anilines is 1. The van der Waals surface area contributed by atoms with Crippen molar-refractivity contribution in [2.75, 3.05) is 5.32 Å². The zero-order valence-electron chi connectivity index (χ0n) is 12.3. The molecule has 0 saturated heterocycles. The molecule has 0 bridgehead atoms. The molecule has 5 nitrogen and oxygen atoms in total. The number of carbonyl (C=O) groups excluding carboxylic acids is 2. The molecule has 0 saturated carbocycles. The van der Waals surface area contributed by atoms with Gasteiger partial charge in [-0.15, -0.1) is 11.3 Å². The largest absolute Gasteiger partial charge is 0.480 e. The minimum atomic E-state index is -0.691. The maximum atomic E-state index is 12.1. The van der Waals surface area contributed by atoms with Gasteiger partial charge >= 0.3 is 0 Å². The van der Waals surface area contributed by atoms with Crippen LogP contribution in [0.5, 0.6) is 5.75 Å². The molecule has 0 aliphatic carbocycles. The summed E-state index contributed by atoms with van der Waals surface area (Å²) in [5, 5.41) is 4.64. The number of nitrogens with zero attached hydrogens (tertiary/aromatic N) is 1. The first kappa shape index (κ1) is 16.6. The molecule has 1 aromatic heterocycles. The summed E-state index contributed by atoms with van der Waals surface area (Å²) in [4.78, 5) is 27.3. The van der Waals surface area contributed by atoms with E-state index in [1.807, 2.05) is 19.1 Å². The number of Topliss-reactive ketones (excluding diaryl/α,β-unsaturated/α-hetero) is 1. The number of rotatable bonds is 5. The third kappa shape index (κ3) is 4.14. The lowest BCUT2D eigenvalue weighted by Gasteiger charge is -2.15. The van der Waals surface area contributed by atoms with Crippen LogP contribution in [-0.2, 0) is 4.79 Å². The van der Waals surface area contributed by atoms with Gasteiger partial charge in [-0.2, -0.15) is 0 Å². The van der Waals surface area contributed by atoms with E-state index in [9.17, 15) is 9.59 Å². The highest BCUT2D eigenvalue weighted by atomic mass is 79.9. The highest BCUT2D eigenvalue weighted by Crippen LogP contribution is 2.27. The number of aromatic nitrogens is 1. The van der Waals surface area contributed by atoms with Gasteiger partial charge in [0, 0.05) is 12.3 Å². The van der Waals surface area contributed by atoms with Crippen molar-refractivity contribution < 1.29 is 14.3 Å². The van der Waals surface area contributed by atoms with Crippen LogP contribution in [0.2, 0.25) is 0 Å². The van der Waals surface area contributed by atoms with E-state index >= 15 is 0 Å². The summed E-state index contributed by atoms with van der Waals surface area (Å²) in [7, 11) is 0. The van der Waals surface area contributed by atoms with E-state index in [1.165, 1.54) is 18.3 Å². The van der Waals surface area contributed by atoms with Gasteiger partial charge in [0.15, 0.2) is 17.0 Å². The van der Waals surface area contributed by atoms with Crippen molar-refractivity contribution in [1.29, 1.82) is 0 Å². The summed E-state index contributed by atoms with van der Waals surface area (Å²) in [5.74, 6) is 0.137. The van der Waals surface area contributed by atoms with Crippen LogP contribution in [0.15, 0.2) is 28.1 Å². The summed E-state index contributed by atoms with van der Waals surface area (Å²) in [6.45, 7) is 5.06. The van der Waals surface area contributed by atoms with Gasteiger partial charge in [-0.05, 0) is 47.5 Å². The highest BCUT2D eigenvalue weighted by molar-refractivity contribution is 9.10. The van der Waals surface area contributed by atoms with Crippen LogP contribution in [0, 0.1) is 6.92 Å². The number of halogens is 1. The van der Waals surface area contributed by atoms with E-state index in [2.05, 4.69) is 26.2 Å². The van der Waals surface area contributed by atoms with Gasteiger partial charge in [0.05, 0.1) is 4.47 Å². The molecular formula is C15H15BrN2O3S. The average Bonchev–Trinajstić information content (AvgIpc) is 2.90. The van der Waals surface area contributed by atoms with Gasteiger partial charge in [0.25, 0.3) is 5.91 Å². The summed E-state index contributed by atoms with van der Waals surface area (Å²) in [6.07, 6.45) is -0.691. The van der Waals surface area contributed by atoms with Gasteiger partial charge in [-0.1, -0.05) is 6.07 Å². The van der Waals surface area contributed by atoms with E-state index in [0.717, 1.165) is 10.0 Å². The van der Waals surface area contributed by atoms with Crippen molar-refractivity contribution in [1.82, 2.24) is 4.98 Å². The molecule has 116 valence electrons. The predicted molar refractivity (Wildman–Crippen MR) is 89.7 cm³/mol. The number of hydrogen-bond acceptors (Lipinski definition) is 5. The van der Waals surface area contributed by atoms with Crippen LogP contribution in [-0.4, -0.2) is 22.8 Å². The van der Waals surface area contributed by atoms with Gasteiger partial charge in [-0.25, -0.2) is 4.98 Å². The van der Waals surface area contributed by atoms with Crippen LogP contribution >= 0.6 is 27.3 Å². The lowest BCUT2D eigenvalue weighted by molar-refractivity contribution is -0.122. The molecule has 1 aromatic carbocycles. The third-order valence-corrected chi connectivity index (χ3v) is 4.23. The Bertz CT molecular complexity index is 715. The second-order valence-corrected chi connectivity index (χ2v) is 6.49. The molecule has 0 fully saturated rings. The second kappa shape index (κ2) is 7.02. The fourth-order valence-corrected chi connectivity index (χ4v) is 2.98. The Hall–Kier alpha value is -1.73. The SMILES string of the molecule is CC(=O)c1csc(NC(=O)[C@@H](C)Oc2ccc(C)cc2Br)n1. The monoisotopic (exact) mass is 382 g/mol. The fourth-order valence-electron chi connectivity index (χ4n) is 1.65. The Morgan fingerprint density at radius 1 is 1.41 bits per heavy atom. The molecule has 1 N–H and O–H groups in total. The van der Waals surface area contributed by atoms with Crippen LogP contribution in [0.4, 0.5) is 5.13 Å². The minimum absolute atomic E-state index is 0.135. The van der Waals surface area contributed by atoms with Crippen LogP contribution in [0.3, 0.4) is 0 Å². The quantitative estimate of drug-likeness (QED) is 0.797. The second-order valence-electron chi connectivity index (χ2n) is 4.78. The molecule has 22 heavy (non-hydrogen) atoms. The summed E-state index contributed by atoms with van der Waals surface area (Å²) >= 11 is 4.61. The van der Waals surface area contributed by atoms with E-state index in [1.54, 1.807) is 18.4 Å². The number of aryl methyl sites for hydroxylation is 1. The minimum Gasteiger partial charge on any atom is -0.480 e. The van der Waals surface area contributed by atoms with Crippen LogP contribution < -0.4 is 10.1 Å². The van der Waals surface area contributed by atoms with Crippen molar-refractivity contribution in [2.45, 2.75) is 26.9 Å². The maximum Gasteiger partial charge on any atom is 0.266 e. The van der Waals surface area contributed by atoms with Crippen molar-refractivity contribution in [3.05, 3.63) is 39.3 Å². The molecule has 0 radical (unpaired) electrons. The van der Waals surface area contributed by atoms with E-state index in [4.69, 9.17) is 4.74 Å². The topological polar surface area (TPSA) is 68.3 Å². The fraction of sp³-hybridized carbons (Fsp3) is 0.267. The summed E-state index contributed by atoms with van der Waals surface area (Å²) in [5.41, 5.74) is 1.44. The molecule has 1 heterocycles. The van der Waals surface area contributed by atoms with Crippen molar-refractivity contribution in [3.63, 3.8) is 0 Å². The third-order valence-electron chi connectivity index (χ3n) is 2.86. The van der Waals surface area contributed by atoms with Gasteiger partial charge in [0.1, 0.15) is 11.4 Å². The molecule has 1 amide bonds. The first-order valence-corrected chi connectivity index (χ1v) is 8.24. The molecule has 2 rings (SSSR count). The van der Waals surface area contributed by atoms with Crippen LogP contribution in [0.1, 0.15) is 29.9 Å². The number of amides is 1. The molecule has 0 spiro atoms. The first-order valence-electron chi connectivity index (χ1n) is 6.57. The lowest BCUT2D eigenvalue weighted by atomic mass is 10.2. The van der Waals surface area contributed by atoms with Crippen molar-refractivity contribution in [3.8, 4) is 5.75 Å². The number of carbonyl (C=O) groups is 2. The number of ether oxygens (including phenoxy) is 1. The zero-order valence-corrected chi connectivity index (χ0v) is 14.7. The van der Waals surface area contributed by atoms with Crippen molar-refractivity contribution >= 4 is 44.1 Å². The number of hydrogen-bond donors (Lipinski definition) is 1. The van der Waals surface area contributed by atoms with Gasteiger partial charge < -0.3 is 4.74 Å². The Balaban J connectivity index is 2.00. The Labute approximate surface area is 140 Å². The summed E-state index contributed by atoms with van der Waals surface area (Å²) < 4.78 is 6.43. The smallest absolute Gasteiger partial charge is 0.266 e. The zero-order chi connectivity index (χ0) is 16.3. The standard InChI is InChI=1S/C15H15BrN2O3S/c1-8-4-5-13(11(16)6-8)21-10(3)14(20)18-15-17-12(7-22-15)9(2)19/h4-7,10H,1-3H3,(H,17,18,20)/t10-/m1/s1. The predicted octanol–water partition coefficient (Wildman–Crippen LogP) is 3.82. The Kier molecular flexibility index (Phi) is 5.31. The van der Waals surface area contributed by atoms with Crippen LogP contribution in [0.25, 0.3) is 0 Å². The molecular weight excluding hydrogens is 368 g/mol. The number of ketones is 1. The molecule has 2 aromatic rings. The van der Waals surface area contributed by atoms with Gasteiger partial charge in [0.2, 0.25) is 0 Å². The highest BCUT2D eigenvalue weighted by Gasteiger charge is 2.18. The summed E-state index contributed by atoms with van der Waals surface area (Å²) in [6, 6.07) is 5.63. The van der Waals surface area contributed by atoms with E-state index in [0.29, 0.717) is 16.6 Å². The first-order chi connectivity index (χ1) is 10.4. The number of thiazole rings is 1. The van der Waals surface area contributed by atoms with Crippen molar-refractivity contribution in [2.24, 2.45) is 0 Å². The molecule has 1 atom stereocenters. The normalized spacial score (nSPS) is 11.8. The lowest BCUT2D eigenvalue weighted by Crippen LogP contribution is -2.30. The van der Waals surface area contributed by atoms with Gasteiger partial charge in [-0.3, -0.25) is 14.9 Å². The molecule has 0 aliphatic heterocycles. The molecule has 0 aliphatic rings. The Morgan fingerprint density at radius 3 is 2.73 bits per heavy atom.